The number of nitro groups is 2. The number of thiocarbonyl (C=S) groups is 1. The van der Waals surface area contributed by atoms with Crippen molar-refractivity contribution in [1.29, 1.82) is 0 Å². The normalized spacial score (nSPS) is 12.6. The first-order valence-corrected chi connectivity index (χ1v) is 8.55. The first-order chi connectivity index (χ1) is 13.3. The van der Waals surface area contributed by atoms with Gasteiger partial charge in [0, 0.05) is 37.4 Å². The van der Waals surface area contributed by atoms with E-state index in [1.165, 1.54) is 48.5 Å². The van der Waals surface area contributed by atoms with Crippen LogP contribution in [-0.4, -0.2) is 38.3 Å². The van der Waals surface area contributed by atoms with Gasteiger partial charge in [-0.2, -0.15) is 0 Å². The lowest BCUT2D eigenvalue weighted by Gasteiger charge is -2.17. The van der Waals surface area contributed by atoms with Crippen LogP contribution in [0.1, 0.15) is 23.3 Å². The molecule has 0 radical (unpaired) electrons. The van der Waals surface area contributed by atoms with Crippen LogP contribution in [0.2, 0.25) is 0 Å². The van der Waals surface area contributed by atoms with Crippen LogP contribution in [0.25, 0.3) is 0 Å². The molecule has 0 saturated carbocycles. The molecule has 11 heteroatoms. The van der Waals surface area contributed by atoms with Gasteiger partial charge in [-0.15, -0.1) is 0 Å². The van der Waals surface area contributed by atoms with Crippen LogP contribution < -0.4 is 10.6 Å². The standard InChI is InChI=1S/C17H18N4O6S/c22-15(11-1-5-13(6-2-11)20(24)25)9-18-17(28)19-10-16(23)12-3-7-14(8-4-12)21(26)27/h1-8,15-16,22-23H,9-10H2,(H2,18,19,28). The fourth-order valence-electron chi connectivity index (χ4n) is 2.31. The Bertz CT molecular complexity index is 774. The molecule has 0 aliphatic heterocycles. The Labute approximate surface area is 165 Å². The minimum Gasteiger partial charge on any atom is -0.387 e. The Hall–Kier alpha value is -3.15. The molecule has 0 aliphatic carbocycles. The summed E-state index contributed by atoms with van der Waals surface area (Å²) < 4.78 is 0. The maximum Gasteiger partial charge on any atom is 0.269 e. The molecule has 0 amide bonds. The van der Waals surface area contributed by atoms with E-state index in [0.29, 0.717) is 11.1 Å². The van der Waals surface area contributed by atoms with Gasteiger partial charge >= 0.3 is 0 Å². The van der Waals surface area contributed by atoms with Crippen molar-refractivity contribution in [2.75, 3.05) is 13.1 Å². The number of hydrogen-bond acceptors (Lipinski definition) is 7. The maximum absolute atomic E-state index is 10.6. The predicted octanol–water partition coefficient (Wildman–Crippen LogP) is 1.73. The van der Waals surface area contributed by atoms with Gasteiger partial charge in [0.1, 0.15) is 0 Å². The van der Waals surface area contributed by atoms with Gasteiger partial charge in [-0.3, -0.25) is 20.2 Å². The molecule has 4 N–H and O–H groups in total. The lowest BCUT2D eigenvalue weighted by molar-refractivity contribution is -0.385. The zero-order valence-corrected chi connectivity index (χ0v) is 15.3. The molecule has 2 atom stereocenters. The minimum absolute atomic E-state index is 0.0667. The minimum atomic E-state index is -0.930. The molecular formula is C17H18N4O6S. The number of rotatable bonds is 8. The highest BCUT2D eigenvalue weighted by atomic mass is 32.1. The van der Waals surface area contributed by atoms with Crippen molar-refractivity contribution in [3.8, 4) is 0 Å². The molecule has 0 bridgehead atoms. The summed E-state index contributed by atoms with van der Waals surface area (Å²) in [5.74, 6) is 0. The second-order valence-corrected chi connectivity index (χ2v) is 6.23. The molecule has 148 valence electrons. The fourth-order valence-corrected chi connectivity index (χ4v) is 2.48. The summed E-state index contributed by atoms with van der Waals surface area (Å²) >= 11 is 5.08. The van der Waals surface area contributed by atoms with Gasteiger partial charge in [-0.1, -0.05) is 0 Å². The topological polar surface area (TPSA) is 151 Å². The van der Waals surface area contributed by atoms with Crippen molar-refractivity contribution in [2.45, 2.75) is 12.2 Å². The van der Waals surface area contributed by atoms with Crippen LogP contribution in [0.15, 0.2) is 48.5 Å². The van der Waals surface area contributed by atoms with Crippen molar-refractivity contribution in [1.82, 2.24) is 10.6 Å². The fraction of sp³-hybridized carbons (Fsp3) is 0.235. The van der Waals surface area contributed by atoms with Crippen molar-refractivity contribution < 1.29 is 20.1 Å². The summed E-state index contributed by atoms with van der Waals surface area (Å²) in [5, 5.41) is 47.2. The number of aliphatic hydroxyl groups is 2. The summed E-state index contributed by atoms with van der Waals surface area (Å²) in [5.41, 5.74) is 0.848. The largest absolute Gasteiger partial charge is 0.387 e. The van der Waals surface area contributed by atoms with E-state index in [4.69, 9.17) is 12.2 Å². The SMILES string of the molecule is O=[N+]([O-])c1ccc(C(O)CNC(=S)NCC(O)c2ccc([N+](=O)[O-])cc2)cc1. The van der Waals surface area contributed by atoms with Gasteiger partial charge in [0.05, 0.1) is 22.1 Å². The summed E-state index contributed by atoms with van der Waals surface area (Å²) in [7, 11) is 0. The number of non-ortho nitro benzene ring substituents is 2. The molecule has 0 spiro atoms. The Morgan fingerprint density at radius 2 is 1.14 bits per heavy atom. The first kappa shape index (κ1) is 21.2. The van der Waals surface area contributed by atoms with Gasteiger partial charge in [-0.25, -0.2) is 0 Å². The van der Waals surface area contributed by atoms with Crippen LogP contribution in [0.5, 0.6) is 0 Å². The van der Waals surface area contributed by atoms with E-state index in [-0.39, 0.29) is 29.6 Å². The highest BCUT2D eigenvalue weighted by Crippen LogP contribution is 2.18. The van der Waals surface area contributed by atoms with E-state index >= 15 is 0 Å². The number of aliphatic hydroxyl groups excluding tert-OH is 2. The third-order valence-corrected chi connectivity index (χ3v) is 4.18. The molecule has 0 aliphatic rings. The molecule has 28 heavy (non-hydrogen) atoms. The van der Waals surface area contributed by atoms with E-state index in [1.807, 2.05) is 0 Å². The van der Waals surface area contributed by atoms with E-state index < -0.39 is 22.1 Å². The highest BCUT2D eigenvalue weighted by molar-refractivity contribution is 7.80. The smallest absolute Gasteiger partial charge is 0.269 e. The number of nitrogens with zero attached hydrogens (tertiary/aromatic N) is 2. The number of benzene rings is 2. The van der Waals surface area contributed by atoms with Gasteiger partial charge < -0.3 is 20.8 Å². The van der Waals surface area contributed by atoms with E-state index in [1.54, 1.807) is 0 Å². The van der Waals surface area contributed by atoms with Crippen LogP contribution >= 0.6 is 12.2 Å². The Morgan fingerprint density at radius 1 is 0.821 bits per heavy atom. The maximum atomic E-state index is 10.6. The van der Waals surface area contributed by atoms with E-state index in [9.17, 15) is 30.4 Å². The molecule has 2 aromatic rings. The Balaban J connectivity index is 1.78. The zero-order valence-electron chi connectivity index (χ0n) is 14.5. The van der Waals surface area contributed by atoms with E-state index in [0.717, 1.165) is 0 Å². The van der Waals surface area contributed by atoms with Gasteiger partial charge in [0.15, 0.2) is 5.11 Å². The summed E-state index contributed by atoms with van der Waals surface area (Å²) in [6.45, 7) is 0.133. The van der Waals surface area contributed by atoms with Crippen molar-refractivity contribution >= 4 is 28.7 Å². The average molecular weight is 406 g/mol. The van der Waals surface area contributed by atoms with Gasteiger partial charge in [-0.05, 0) is 47.6 Å². The number of nitrogens with one attached hydrogen (secondary N) is 2. The Morgan fingerprint density at radius 3 is 1.43 bits per heavy atom. The molecular weight excluding hydrogens is 388 g/mol. The Kier molecular flexibility index (Phi) is 7.32. The molecule has 0 saturated heterocycles. The second kappa shape index (κ2) is 9.69. The van der Waals surface area contributed by atoms with Crippen molar-refractivity contribution in [3.05, 3.63) is 79.9 Å². The van der Waals surface area contributed by atoms with Crippen molar-refractivity contribution in [2.24, 2.45) is 0 Å². The lowest BCUT2D eigenvalue weighted by atomic mass is 10.1. The molecule has 0 aromatic heterocycles. The third-order valence-electron chi connectivity index (χ3n) is 3.89. The monoisotopic (exact) mass is 406 g/mol. The highest BCUT2D eigenvalue weighted by Gasteiger charge is 2.13. The summed E-state index contributed by atoms with van der Waals surface area (Å²) in [4.78, 5) is 20.2. The summed E-state index contributed by atoms with van der Waals surface area (Å²) in [6, 6.07) is 11.0. The summed E-state index contributed by atoms with van der Waals surface area (Å²) in [6.07, 6.45) is -1.86. The molecule has 10 nitrogen and oxygen atoms in total. The molecule has 0 fully saturated rings. The van der Waals surface area contributed by atoms with Gasteiger partial charge in [0.2, 0.25) is 0 Å². The molecule has 2 aromatic carbocycles. The lowest BCUT2D eigenvalue weighted by Crippen LogP contribution is -2.39. The quantitative estimate of drug-likeness (QED) is 0.292. The van der Waals surface area contributed by atoms with E-state index in [2.05, 4.69) is 10.6 Å². The molecule has 2 unspecified atom stereocenters. The predicted molar refractivity (Wildman–Crippen MR) is 105 cm³/mol. The number of hydrogen-bond donors (Lipinski definition) is 4. The van der Waals surface area contributed by atoms with Gasteiger partial charge in [0.25, 0.3) is 11.4 Å². The van der Waals surface area contributed by atoms with Crippen LogP contribution in [0.4, 0.5) is 11.4 Å². The second-order valence-electron chi connectivity index (χ2n) is 5.82. The first-order valence-electron chi connectivity index (χ1n) is 8.14. The van der Waals surface area contributed by atoms with Crippen LogP contribution in [-0.2, 0) is 0 Å². The van der Waals surface area contributed by atoms with Crippen molar-refractivity contribution in [3.63, 3.8) is 0 Å². The van der Waals surface area contributed by atoms with Crippen LogP contribution in [0.3, 0.4) is 0 Å². The average Bonchev–Trinajstić information content (AvgIpc) is 2.70. The molecule has 2 rings (SSSR count). The van der Waals surface area contributed by atoms with Crippen LogP contribution in [0, 0.1) is 20.2 Å². The molecule has 0 heterocycles. The zero-order chi connectivity index (χ0) is 20.7. The number of nitro benzene ring substituents is 2. The third kappa shape index (κ3) is 5.94.